The normalized spacial score (nSPS) is 14.7. The van der Waals surface area contributed by atoms with Crippen molar-refractivity contribution in [1.29, 1.82) is 0 Å². The van der Waals surface area contributed by atoms with E-state index in [1.165, 1.54) is 11.3 Å². The summed E-state index contributed by atoms with van der Waals surface area (Å²) in [4.78, 5) is 22.9. The molecule has 104 valence electrons. The van der Waals surface area contributed by atoms with Crippen LogP contribution in [-0.2, 0) is 0 Å². The van der Waals surface area contributed by atoms with Gasteiger partial charge in [-0.05, 0) is 25.0 Å². The standard InChI is InChI=1S/C13H14N4O2S/c14-11-7-8(9-3-4-10(20-9)12(18)19)15-13(16-11)17-5-1-2-6-17/h3-4,7H,1-2,5-6H2,(H,18,19)(H2,14,15,16). The minimum atomic E-state index is -0.928. The fourth-order valence-electron chi connectivity index (χ4n) is 2.23. The van der Waals surface area contributed by atoms with Gasteiger partial charge >= 0.3 is 5.97 Å². The molecule has 1 aliphatic heterocycles. The Morgan fingerprint density at radius 1 is 1.30 bits per heavy atom. The third kappa shape index (κ3) is 2.44. The number of anilines is 2. The van der Waals surface area contributed by atoms with E-state index in [4.69, 9.17) is 10.8 Å². The molecule has 1 saturated heterocycles. The Hall–Kier alpha value is -2.15. The summed E-state index contributed by atoms with van der Waals surface area (Å²) in [6, 6.07) is 5.01. The number of carbonyl (C=O) groups is 1. The van der Waals surface area contributed by atoms with Gasteiger partial charge in [-0.3, -0.25) is 0 Å². The average molecular weight is 290 g/mol. The Kier molecular flexibility index (Phi) is 3.27. The summed E-state index contributed by atoms with van der Waals surface area (Å²) < 4.78 is 0. The number of carboxylic acids is 1. The van der Waals surface area contributed by atoms with Gasteiger partial charge < -0.3 is 15.7 Å². The second kappa shape index (κ2) is 5.09. The summed E-state index contributed by atoms with van der Waals surface area (Å²) >= 11 is 1.19. The number of aromatic nitrogens is 2. The number of nitrogens with zero attached hydrogens (tertiary/aromatic N) is 3. The fourth-order valence-corrected chi connectivity index (χ4v) is 3.03. The van der Waals surface area contributed by atoms with E-state index in [0.717, 1.165) is 30.8 Å². The lowest BCUT2D eigenvalue weighted by Crippen LogP contribution is -2.21. The third-order valence-electron chi connectivity index (χ3n) is 3.19. The SMILES string of the molecule is Nc1cc(-c2ccc(C(=O)O)s2)nc(N2CCCC2)n1. The zero-order chi connectivity index (χ0) is 14.1. The van der Waals surface area contributed by atoms with Crippen LogP contribution in [0.4, 0.5) is 11.8 Å². The molecular formula is C13H14N4O2S. The second-order valence-corrected chi connectivity index (χ2v) is 5.73. The number of aromatic carboxylic acids is 1. The molecule has 0 radical (unpaired) electrons. The van der Waals surface area contributed by atoms with E-state index < -0.39 is 5.97 Å². The molecule has 20 heavy (non-hydrogen) atoms. The minimum Gasteiger partial charge on any atom is -0.477 e. The highest BCUT2D eigenvalue weighted by atomic mass is 32.1. The molecular weight excluding hydrogens is 276 g/mol. The van der Waals surface area contributed by atoms with Gasteiger partial charge in [-0.25, -0.2) is 9.78 Å². The first-order valence-electron chi connectivity index (χ1n) is 6.36. The molecule has 0 aromatic carbocycles. The fraction of sp³-hybridized carbons (Fsp3) is 0.308. The monoisotopic (exact) mass is 290 g/mol. The molecule has 0 aliphatic carbocycles. The lowest BCUT2D eigenvalue weighted by molar-refractivity contribution is 0.0702. The molecule has 0 atom stereocenters. The Balaban J connectivity index is 1.97. The second-order valence-electron chi connectivity index (χ2n) is 4.64. The van der Waals surface area contributed by atoms with Gasteiger partial charge in [0, 0.05) is 19.2 Å². The molecule has 2 aromatic heterocycles. The van der Waals surface area contributed by atoms with E-state index in [-0.39, 0.29) is 0 Å². The van der Waals surface area contributed by atoms with Gasteiger partial charge in [0.1, 0.15) is 10.7 Å². The van der Waals surface area contributed by atoms with E-state index in [1.807, 2.05) is 0 Å². The number of nitrogens with two attached hydrogens (primary N) is 1. The summed E-state index contributed by atoms with van der Waals surface area (Å²) in [5, 5.41) is 8.97. The molecule has 0 spiro atoms. The first-order chi connectivity index (χ1) is 9.63. The minimum absolute atomic E-state index is 0.292. The van der Waals surface area contributed by atoms with Gasteiger partial charge in [0.05, 0.1) is 10.6 Å². The molecule has 3 N–H and O–H groups in total. The zero-order valence-electron chi connectivity index (χ0n) is 10.7. The van der Waals surface area contributed by atoms with Crippen LogP contribution >= 0.6 is 11.3 Å². The number of hydrogen-bond acceptors (Lipinski definition) is 6. The van der Waals surface area contributed by atoms with Crippen molar-refractivity contribution in [3.8, 4) is 10.6 Å². The first-order valence-corrected chi connectivity index (χ1v) is 7.18. The van der Waals surface area contributed by atoms with Gasteiger partial charge in [0.15, 0.2) is 0 Å². The summed E-state index contributed by atoms with van der Waals surface area (Å²) in [6.45, 7) is 1.88. The molecule has 2 aromatic rings. The van der Waals surface area contributed by atoms with Crippen molar-refractivity contribution < 1.29 is 9.90 Å². The molecule has 1 aliphatic rings. The van der Waals surface area contributed by atoms with Crippen molar-refractivity contribution in [2.24, 2.45) is 0 Å². The Bertz CT molecular complexity index is 650. The predicted molar refractivity (Wildman–Crippen MR) is 78.2 cm³/mol. The van der Waals surface area contributed by atoms with Crippen molar-refractivity contribution in [2.45, 2.75) is 12.8 Å². The van der Waals surface area contributed by atoms with Crippen LogP contribution in [0.15, 0.2) is 18.2 Å². The van der Waals surface area contributed by atoms with E-state index >= 15 is 0 Å². The molecule has 7 heteroatoms. The number of rotatable bonds is 3. The molecule has 0 saturated carbocycles. The number of nitrogen functional groups attached to an aromatic ring is 1. The van der Waals surface area contributed by atoms with E-state index in [9.17, 15) is 4.79 Å². The van der Waals surface area contributed by atoms with E-state index in [2.05, 4.69) is 14.9 Å². The van der Waals surface area contributed by atoms with Gasteiger partial charge in [0.25, 0.3) is 0 Å². The predicted octanol–water partition coefficient (Wildman–Crippen LogP) is 2.09. The van der Waals surface area contributed by atoms with Crippen LogP contribution in [0.1, 0.15) is 22.5 Å². The highest BCUT2D eigenvalue weighted by molar-refractivity contribution is 7.17. The van der Waals surface area contributed by atoms with Crippen molar-refractivity contribution in [3.63, 3.8) is 0 Å². The molecule has 3 rings (SSSR count). The van der Waals surface area contributed by atoms with Gasteiger partial charge in [0.2, 0.25) is 5.95 Å². The maximum absolute atomic E-state index is 10.9. The summed E-state index contributed by atoms with van der Waals surface area (Å²) in [6.07, 6.45) is 2.27. The number of thiophene rings is 1. The Morgan fingerprint density at radius 3 is 2.70 bits per heavy atom. The average Bonchev–Trinajstić information content (AvgIpc) is 3.10. The maximum atomic E-state index is 10.9. The van der Waals surface area contributed by atoms with Gasteiger partial charge in [-0.15, -0.1) is 11.3 Å². The van der Waals surface area contributed by atoms with Crippen molar-refractivity contribution in [2.75, 3.05) is 23.7 Å². The number of hydrogen-bond donors (Lipinski definition) is 2. The molecule has 0 amide bonds. The van der Waals surface area contributed by atoms with Crippen LogP contribution in [0, 0.1) is 0 Å². The van der Waals surface area contributed by atoms with Crippen LogP contribution in [0.5, 0.6) is 0 Å². The van der Waals surface area contributed by atoms with Crippen LogP contribution in [0.2, 0.25) is 0 Å². The number of carboxylic acid groups (broad SMARTS) is 1. The summed E-state index contributed by atoms with van der Waals surface area (Å²) in [7, 11) is 0. The Morgan fingerprint density at radius 2 is 2.05 bits per heavy atom. The van der Waals surface area contributed by atoms with Crippen LogP contribution < -0.4 is 10.6 Å². The van der Waals surface area contributed by atoms with Crippen LogP contribution in [0.3, 0.4) is 0 Å². The molecule has 6 nitrogen and oxygen atoms in total. The topological polar surface area (TPSA) is 92.3 Å². The quantitative estimate of drug-likeness (QED) is 0.899. The molecule has 0 bridgehead atoms. The first kappa shape index (κ1) is 12.9. The Labute approximate surface area is 119 Å². The largest absolute Gasteiger partial charge is 0.477 e. The zero-order valence-corrected chi connectivity index (χ0v) is 11.6. The highest BCUT2D eigenvalue weighted by Crippen LogP contribution is 2.29. The summed E-state index contributed by atoms with van der Waals surface area (Å²) in [5.74, 6) is 0.105. The van der Waals surface area contributed by atoms with Crippen molar-refractivity contribution in [1.82, 2.24) is 9.97 Å². The summed E-state index contributed by atoms with van der Waals surface area (Å²) in [5.41, 5.74) is 6.52. The van der Waals surface area contributed by atoms with Crippen LogP contribution in [-0.4, -0.2) is 34.1 Å². The molecule has 0 unspecified atom stereocenters. The van der Waals surface area contributed by atoms with Crippen molar-refractivity contribution in [3.05, 3.63) is 23.1 Å². The van der Waals surface area contributed by atoms with Crippen molar-refractivity contribution >= 4 is 29.1 Å². The van der Waals surface area contributed by atoms with E-state index in [1.54, 1.807) is 18.2 Å². The molecule has 1 fully saturated rings. The lowest BCUT2D eigenvalue weighted by Gasteiger charge is -2.15. The maximum Gasteiger partial charge on any atom is 0.345 e. The van der Waals surface area contributed by atoms with E-state index in [0.29, 0.717) is 22.3 Å². The van der Waals surface area contributed by atoms with Gasteiger partial charge in [-0.1, -0.05) is 0 Å². The lowest BCUT2D eigenvalue weighted by atomic mass is 10.3. The van der Waals surface area contributed by atoms with Gasteiger partial charge in [-0.2, -0.15) is 4.98 Å². The van der Waals surface area contributed by atoms with Crippen LogP contribution in [0.25, 0.3) is 10.6 Å². The molecule has 3 heterocycles. The highest BCUT2D eigenvalue weighted by Gasteiger charge is 2.17. The third-order valence-corrected chi connectivity index (χ3v) is 4.29. The smallest absolute Gasteiger partial charge is 0.345 e.